The lowest BCUT2D eigenvalue weighted by molar-refractivity contribution is -0.147. The third-order valence-corrected chi connectivity index (χ3v) is 5.57. The van der Waals surface area contributed by atoms with Gasteiger partial charge in [0.2, 0.25) is 5.88 Å². The van der Waals surface area contributed by atoms with Crippen LogP contribution in [0.25, 0.3) is 0 Å². The van der Waals surface area contributed by atoms with E-state index < -0.39 is 11.4 Å². The van der Waals surface area contributed by atoms with Crippen molar-refractivity contribution in [3.63, 3.8) is 0 Å². The molecule has 0 unspecified atom stereocenters. The molecule has 0 radical (unpaired) electrons. The number of nitrogens with one attached hydrogen (secondary N) is 1. The molecule has 1 aromatic heterocycles. The smallest absolute Gasteiger partial charge is 0.310 e. The maximum atomic E-state index is 12.0. The average Bonchev–Trinajstić information content (AvgIpc) is 2.72. The first-order valence-corrected chi connectivity index (χ1v) is 9.70. The quantitative estimate of drug-likeness (QED) is 0.595. The second-order valence-electron chi connectivity index (χ2n) is 7.97. The Bertz CT molecular complexity index is 1050. The molecule has 2 aromatic carbocycles. The molecule has 5 heteroatoms. The first kappa shape index (κ1) is 19.0. The molecule has 2 atom stereocenters. The zero-order chi connectivity index (χ0) is 20.6. The Balaban J connectivity index is 1.72. The van der Waals surface area contributed by atoms with E-state index in [-0.39, 0.29) is 12.0 Å². The highest BCUT2D eigenvalue weighted by molar-refractivity contribution is 5.77. The van der Waals surface area contributed by atoms with Gasteiger partial charge in [0.15, 0.2) is 0 Å². The molecule has 29 heavy (non-hydrogen) atoms. The minimum absolute atomic E-state index is 0.0730. The molecule has 0 aliphatic carbocycles. The Morgan fingerprint density at radius 1 is 1.03 bits per heavy atom. The monoisotopic (exact) mass is 388 g/mol. The molecule has 0 saturated carbocycles. The maximum absolute atomic E-state index is 12.0. The number of hydrogen-bond donors (Lipinski definition) is 2. The van der Waals surface area contributed by atoms with Crippen LogP contribution in [-0.2, 0) is 4.79 Å². The third-order valence-electron chi connectivity index (χ3n) is 5.57. The van der Waals surface area contributed by atoms with Gasteiger partial charge in [0.25, 0.3) is 0 Å². The molecular formula is C24H24N2O3. The van der Waals surface area contributed by atoms with Gasteiger partial charge in [0, 0.05) is 23.1 Å². The predicted molar refractivity (Wildman–Crippen MR) is 112 cm³/mol. The second-order valence-corrected chi connectivity index (χ2v) is 7.97. The van der Waals surface area contributed by atoms with Gasteiger partial charge in [-0.25, -0.2) is 0 Å². The van der Waals surface area contributed by atoms with Gasteiger partial charge in [-0.2, -0.15) is 4.98 Å². The Hall–Kier alpha value is -3.34. The van der Waals surface area contributed by atoms with Crippen LogP contribution in [-0.4, -0.2) is 16.1 Å². The summed E-state index contributed by atoms with van der Waals surface area (Å²) in [5.41, 5.74) is 1.80. The van der Waals surface area contributed by atoms with Crippen molar-refractivity contribution in [1.29, 1.82) is 0 Å². The van der Waals surface area contributed by atoms with Gasteiger partial charge in [-0.15, -0.1) is 0 Å². The van der Waals surface area contributed by atoms with Crippen LogP contribution < -0.4 is 10.1 Å². The van der Waals surface area contributed by atoms with Gasteiger partial charge in [-0.1, -0.05) is 48.5 Å². The Labute approximate surface area is 170 Å². The van der Waals surface area contributed by atoms with Crippen molar-refractivity contribution < 1.29 is 14.6 Å². The number of para-hydroxylation sites is 1. The van der Waals surface area contributed by atoms with Gasteiger partial charge in [0.1, 0.15) is 11.6 Å². The lowest BCUT2D eigenvalue weighted by Crippen LogP contribution is -2.34. The molecule has 5 nitrogen and oxygen atoms in total. The van der Waals surface area contributed by atoms with Crippen LogP contribution in [0.3, 0.4) is 0 Å². The minimum atomic E-state index is -1.01. The number of pyridine rings is 1. The molecule has 2 heterocycles. The summed E-state index contributed by atoms with van der Waals surface area (Å²) in [6, 6.07) is 21.6. The summed E-state index contributed by atoms with van der Waals surface area (Å²) in [6.45, 7) is 5.56. The highest BCUT2D eigenvalue weighted by atomic mass is 16.5. The molecule has 4 rings (SSSR count). The van der Waals surface area contributed by atoms with Crippen LogP contribution in [0.1, 0.15) is 49.4 Å². The van der Waals surface area contributed by atoms with Crippen molar-refractivity contribution in [1.82, 2.24) is 4.98 Å². The summed E-state index contributed by atoms with van der Waals surface area (Å²) in [5, 5.41) is 13.3. The fourth-order valence-corrected chi connectivity index (χ4v) is 3.86. The molecular weight excluding hydrogens is 364 g/mol. The number of ether oxygens (including phenoxy) is 1. The Kier molecular flexibility index (Phi) is 4.74. The van der Waals surface area contributed by atoms with Crippen molar-refractivity contribution in [2.45, 2.75) is 32.7 Å². The van der Waals surface area contributed by atoms with Crippen molar-refractivity contribution in [3.05, 3.63) is 83.4 Å². The van der Waals surface area contributed by atoms with Crippen molar-refractivity contribution in [2.75, 3.05) is 5.32 Å². The van der Waals surface area contributed by atoms with Gasteiger partial charge in [0.05, 0.1) is 5.41 Å². The van der Waals surface area contributed by atoms with Crippen LogP contribution in [0.4, 0.5) is 5.82 Å². The number of carbonyl (C=O) groups is 1. The summed E-state index contributed by atoms with van der Waals surface area (Å²) in [5.74, 6) is 0.581. The van der Waals surface area contributed by atoms with Crippen LogP contribution >= 0.6 is 0 Å². The molecule has 0 fully saturated rings. The van der Waals surface area contributed by atoms with Crippen LogP contribution in [0.2, 0.25) is 0 Å². The number of fused-ring (bicyclic) bond motifs is 2. The van der Waals surface area contributed by atoms with E-state index in [0.29, 0.717) is 17.4 Å². The molecule has 2 N–H and O–H groups in total. The minimum Gasteiger partial charge on any atom is -0.481 e. The number of rotatable bonds is 5. The zero-order valence-electron chi connectivity index (χ0n) is 16.7. The van der Waals surface area contributed by atoms with Crippen LogP contribution in [0.15, 0.2) is 66.7 Å². The maximum Gasteiger partial charge on any atom is 0.310 e. The number of carboxylic acids is 1. The first-order chi connectivity index (χ1) is 13.9. The summed E-state index contributed by atoms with van der Waals surface area (Å²) in [7, 11) is 0. The Morgan fingerprint density at radius 3 is 2.45 bits per heavy atom. The summed E-state index contributed by atoms with van der Waals surface area (Å²) < 4.78 is 6.07. The topological polar surface area (TPSA) is 71.5 Å². The number of nitrogens with zero attached hydrogens (tertiary/aromatic N) is 1. The van der Waals surface area contributed by atoms with E-state index in [9.17, 15) is 9.90 Å². The molecule has 0 spiro atoms. The number of anilines is 1. The fourth-order valence-electron chi connectivity index (χ4n) is 3.86. The largest absolute Gasteiger partial charge is 0.481 e. The SMILES string of the molecule is C[C@H](Nc1ccc2c(n1)Oc1ccccc1[C@@H]2C(C)(C)C(=O)O)c1ccccc1. The summed E-state index contributed by atoms with van der Waals surface area (Å²) >= 11 is 0. The van der Waals surface area contributed by atoms with Gasteiger partial charge in [-0.05, 0) is 44.5 Å². The van der Waals surface area contributed by atoms with E-state index >= 15 is 0 Å². The standard InChI is InChI=1S/C24H24N2O3/c1-15(16-9-5-4-6-10-16)25-20-14-13-18-21(24(2,3)23(27)28)17-11-7-8-12-19(17)29-22(18)26-20/h4-15,21H,1-3H3,(H,25,26)(H,27,28)/t15-,21-/m0/s1. The normalized spacial score (nSPS) is 16.2. The predicted octanol–water partition coefficient (Wildman–Crippen LogP) is 5.60. The fraction of sp³-hybridized carbons (Fsp3) is 0.250. The Morgan fingerprint density at radius 2 is 1.72 bits per heavy atom. The molecule has 148 valence electrons. The molecule has 1 aliphatic heterocycles. The number of benzene rings is 2. The summed E-state index contributed by atoms with van der Waals surface area (Å²) in [4.78, 5) is 16.7. The van der Waals surface area contributed by atoms with E-state index in [1.54, 1.807) is 13.8 Å². The number of hydrogen-bond acceptors (Lipinski definition) is 4. The van der Waals surface area contributed by atoms with E-state index in [2.05, 4.69) is 29.4 Å². The van der Waals surface area contributed by atoms with Gasteiger partial charge < -0.3 is 15.2 Å². The highest BCUT2D eigenvalue weighted by Crippen LogP contribution is 2.51. The first-order valence-electron chi connectivity index (χ1n) is 9.70. The van der Waals surface area contributed by atoms with Crippen molar-refractivity contribution >= 4 is 11.8 Å². The molecule has 0 amide bonds. The van der Waals surface area contributed by atoms with E-state index in [1.165, 1.54) is 0 Å². The van der Waals surface area contributed by atoms with Crippen molar-refractivity contribution in [3.8, 4) is 11.6 Å². The zero-order valence-corrected chi connectivity index (χ0v) is 16.7. The van der Waals surface area contributed by atoms with E-state index in [0.717, 1.165) is 16.7 Å². The third kappa shape index (κ3) is 3.44. The van der Waals surface area contributed by atoms with Gasteiger partial charge in [-0.3, -0.25) is 4.79 Å². The van der Waals surface area contributed by atoms with E-state index in [4.69, 9.17) is 4.74 Å². The van der Waals surface area contributed by atoms with Crippen LogP contribution in [0.5, 0.6) is 11.6 Å². The average molecular weight is 388 g/mol. The van der Waals surface area contributed by atoms with Crippen LogP contribution in [0, 0.1) is 5.41 Å². The van der Waals surface area contributed by atoms with Crippen molar-refractivity contribution in [2.24, 2.45) is 5.41 Å². The number of aliphatic carboxylic acids is 1. The number of carboxylic acid groups (broad SMARTS) is 1. The summed E-state index contributed by atoms with van der Waals surface area (Å²) in [6.07, 6.45) is 0. The molecule has 1 aliphatic rings. The number of aromatic nitrogens is 1. The molecule has 0 saturated heterocycles. The molecule has 3 aromatic rings. The molecule has 0 bridgehead atoms. The second kappa shape index (κ2) is 7.24. The lowest BCUT2D eigenvalue weighted by atomic mass is 9.70. The highest BCUT2D eigenvalue weighted by Gasteiger charge is 2.44. The van der Waals surface area contributed by atoms with E-state index in [1.807, 2.05) is 54.6 Å². The van der Waals surface area contributed by atoms with Gasteiger partial charge >= 0.3 is 5.97 Å². The lowest BCUT2D eigenvalue weighted by Gasteiger charge is -2.36.